The van der Waals surface area contributed by atoms with Crippen LogP contribution in [-0.2, 0) is 18.4 Å². The van der Waals surface area contributed by atoms with Gasteiger partial charge in [-0.2, -0.15) is 0 Å². The summed E-state index contributed by atoms with van der Waals surface area (Å²) in [7, 11) is 0. The van der Waals surface area contributed by atoms with Crippen molar-refractivity contribution < 1.29 is 0 Å². The van der Waals surface area contributed by atoms with E-state index in [0.717, 1.165) is 6.42 Å². The fourth-order valence-electron chi connectivity index (χ4n) is 1.14. The summed E-state index contributed by atoms with van der Waals surface area (Å²) >= 11 is 1.75. The topological polar surface area (TPSA) is 38.9 Å². The highest BCUT2D eigenvalue weighted by atomic mass is 32.1. The quantitative estimate of drug-likeness (QED) is 0.793. The molecule has 0 aliphatic rings. The number of rotatable bonds is 2. The zero-order valence-electron chi connectivity index (χ0n) is 8.85. The largest absolute Gasteiger partial charge is 0.326 e. The molecule has 1 aromatic rings. The van der Waals surface area contributed by atoms with Crippen LogP contribution < -0.4 is 5.73 Å². The predicted molar refractivity (Wildman–Crippen MR) is 58.1 cm³/mol. The van der Waals surface area contributed by atoms with Gasteiger partial charge >= 0.3 is 0 Å². The van der Waals surface area contributed by atoms with Crippen molar-refractivity contribution in [2.75, 3.05) is 0 Å². The third-order valence-corrected chi connectivity index (χ3v) is 3.49. The normalized spacial score (nSPS) is 12.1. The van der Waals surface area contributed by atoms with Gasteiger partial charge < -0.3 is 5.73 Å². The number of hydrogen-bond acceptors (Lipinski definition) is 3. The molecule has 0 radical (unpaired) electrons. The summed E-state index contributed by atoms with van der Waals surface area (Å²) in [6, 6.07) is 0. The van der Waals surface area contributed by atoms with E-state index in [0.29, 0.717) is 6.54 Å². The van der Waals surface area contributed by atoms with E-state index < -0.39 is 0 Å². The van der Waals surface area contributed by atoms with Gasteiger partial charge in [-0.25, -0.2) is 4.98 Å². The van der Waals surface area contributed by atoms with Crippen molar-refractivity contribution in [3.05, 3.63) is 15.6 Å². The Hall–Kier alpha value is -0.410. The highest BCUT2D eigenvalue weighted by Crippen LogP contribution is 2.29. The van der Waals surface area contributed by atoms with Crippen LogP contribution in [0, 0.1) is 0 Å². The molecule has 0 atom stereocenters. The van der Waals surface area contributed by atoms with E-state index in [9.17, 15) is 0 Å². The molecular weight excluding hydrogens is 180 g/mol. The van der Waals surface area contributed by atoms with Gasteiger partial charge in [0.05, 0.1) is 10.7 Å². The van der Waals surface area contributed by atoms with Crippen molar-refractivity contribution in [2.24, 2.45) is 5.73 Å². The predicted octanol–water partition coefficient (Wildman–Crippen LogP) is 2.46. The zero-order valence-corrected chi connectivity index (χ0v) is 9.66. The molecule has 0 saturated carbocycles. The molecule has 13 heavy (non-hydrogen) atoms. The third-order valence-electron chi connectivity index (χ3n) is 1.94. The van der Waals surface area contributed by atoms with E-state index in [1.54, 1.807) is 11.3 Å². The molecule has 0 aliphatic carbocycles. The molecular formula is C10H18N2S. The maximum atomic E-state index is 5.65. The van der Waals surface area contributed by atoms with Crippen LogP contribution in [0.25, 0.3) is 0 Å². The Morgan fingerprint density at radius 2 is 2.00 bits per heavy atom. The van der Waals surface area contributed by atoms with Crippen molar-refractivity contribution in [3.8, 4) is 0 Å². The second-order valence-corrected chi connectivity index (χ2v) is 5.28. The Morgan fingerprint density at radius 3 is 2.31 bits per heavy atom. The van der Waals surface area contributed by atoms with E-state index in [4.69, 9.17) is 5.73 Å². The van der Waals surface area contributed by atoms with Gasteiger partial charge in [0.25, 0.3) is 0 Å². The lowest BCUT2D eigenvalue weighted by Gasteiger charge is -2.13. The summed E-state index contributed by atoms with van der Waals surface area (Å²) in [5.41, 5.74) is 6.99. The maximum Gasteiger partial charge on any atom is 0.0985 e. The number of hydrogen-bond donors (Lipinski definition) is 1. The molecule has 1 heterocycles. The minimum absolute atomic E-state index is 0.155. The molecule has 1 aromatic heterocycles. The smallest absolute Gasteiger partial charge is 0.0985 e. The molecule has 74 valence electrons. The summed E-state index contributed by atoms with van der Waals surface area (Å²) in [6.07, 6.45) is 0.985. The summed E-state index contributed by atoms with van der Waals surface area (Å²) in [6.45, 7) is 9.31. The molecule has 0 fully saturated rings. The van der Waals surface area contributed by atoms with Crippen LogP contribution in [0.1, 0.15) is 43.3 Å². The molecule has 0 saturated heterocycles. The van der Waals surface area contributed by atoms with Crippen LogP contribution in [0.5, 0.6) is 0 Å². The number of aromatic nitrogens is 1. The monoisotopic (exact) mass is 198 g/mol. The van der Waals surface area contributed by atoms with Crippen LogP contribution in [-0.4, -0.2) is 4.98 Å². The Morgan fingerprint density at radius 1 is 1.38 bits per heavy atom. The lowest BCUT2D eigenvalue weighted by atomic mass is 9.98. The van der Waals surface area contributed by atoms with Gasteiger partial charge in [0.2, 0.25) is 0 Å². The third kappa shape index (κ3) is 2.29. The summed E-state index contributed by atoms with van der Waals surface area (Å²) in [4.78, 5) is 5.85. The van der Waals surface area contributed by atoms with Gasteiger partial charge in [-0.1, -0.05) is 27.7 Å². The Labute approximate surface area is 84.2 Å². The second-order valence-electron chi connectivity index (χ2n) is 4.20. The number of nitrogens with zero attached hydrogens (tertiary/aromatic N) is 1. The van der Waals surface area contributed by atoms with Gasteiger partial charge in [0.1, 0.15) is 0 Å². The first kappa shape index (κ1) is 10.7. The first-order chi connectivity index (χ1) is 5.99. The standard InChI is InChI=1S/C10H18N2S/c1-5-7-8(6-11)13-9(12-7)10(2,3)4/h5-6,11H2,1-4H3. The maximum absolute atomic E-state index is 5.65. The fraction of sp³-hybridized carbons (Fsp3) is 0.700. The molecule has 0 bridgehead atoms. The van der Waals surface area contributed by atoms with Gasteiger partial charge in [0, 0.05) is 16.8 Å². The number of nitrogens with two attached hydrogens (primary N) is 1. The second kappa shape index (κ2) is 3.76. The Kier molecular flexibility index (Phi) is 3.09. The van der Waals surface area contributed by atoms with Crippen molar-refractivity contribution in [2.45, 2.75) is 46.1 Å². The summed E-state index contributed by atoms with van der Waals surface area (Å²) < 4.78 is 0. The Balaban J connectivity index is 3.07. The summed E-state index contributed by atoms with van der Waals surface area (Å²) in [5, 5.41) is 1.20. The molecule has 1 rings (SSSR count). The number of thiazole rings is 1. The highest BCUT2D eigenvalue weighted by molar-refractivity contribution is 7.11. The van der Waals surface area contributed by atoms with Crippen molar-refractivity contribution in [1.29, 1.82) is 0 Å². The van der Waals surface area contributed by atoms with Crippen LogP contribution in [0.2, 0.25) is 0 Å². The van der Waals surface area contributed by atoms with Gasteiger partial charge in [-0.05, 0) is 6.42 Å². The first-order valence-corrected chi connectivity index (χ1v) is 5.49. The van der Waals surface area contributed by atoms with E-state index in [1.807, 2.05) is 0 Å². The number of aryl methyl sites for hydroxylation is 1. The van der Waals surface area contributed by atoms with Gasteiger partial charge in [0.15, 0.2) is 0 Å². The molecule has 0 amide bonds. The molecule has 0 spiro atoms. The summed E-state index contributed by atoms with van der Waals surface area (Å²) in [5.74, 6) is 0. The highest BCUT2D eigenvalue weighted by Gasteiger charge is 2.20. The van der Waals surface area contributed by atoms with Crippen LogP contribution >= 0.6 is 11.3 Å². The van der Waals surface area contributed by atoms with Gasteiger partial charge in [-0.15, -0.1) is 11.3 Å². The van der Waals surface area contributed by atoms with Gasteiger partial charge in [-0.3, -0.25) is 0 Å². The van der Waals surface area contributed by atoms with E-state index in [-0.39, 0.29) is 5.41 Å². The SMILES string of the molecule is CCc1nc(C(C)(C)C)sc1CN. The molecule has 3 heteroatoms. The molecule has 0 unspecified atom stereocenters. The molecule has 2 nitrogen and oxygen atoms in total. The first-order valence-electron chi connectivity index (χ1n) is 4.68. The minimum atomic E-state index is 0.155. The molecule has 0 aliphatic heterocycles. The van der Waals surface area contributed by atoms with E-state index in [2.05, 4.69) is 32.7 Å². The minimum Gasteiger partial charge on any atom is -0.326 e. The van der Waals surface area contributed by atoms with Crippen LogP contribution in [0.15, 0.2) is 0 Å². The molecule has 2 N–H and O–H groups in total. The average Bonchev–Trinajstić information content (AvgIpc) is 2.45. The zero-order chi connectivity index (χ0) is 10.1. The average molecular weight is 198 g/mol. The van der Waals surface area contributed by atoms with Crippen molar-refractivity contribution in [1.82, 2.24) is 4.98 Å². The lowest BCUT2D eigenvalue weighted by Crippen LogP contribution is -2.10. The van der Waals surface area contributed by atoms with E-state index in [1.165, 1.54) is 15.6 Å². The van der Waals surface area contributed by atoms with E-state index >= 15 is 0 Å². The lowest BCUT2D eigenvalue weighted by molar-refractivity contribution is 0.583. The van der Waals surface area contributed by atoms with Crippen LogP contribution in [0.4, 0.5) is 0 Å². The van der Waals surface area contributed by atoms with Crippen molar-refractivity contribution >= 4 is 11.3 Å². The Bertz CT molecular complexity index is 262. The molecule has 0 aromatic carbocycles. The fourth-order valence-corrected chi connectivity index (χ4v) is 2.23. The van der Waals surface area contributed by atoms with Crippen LogP contribution in [0.3, 0.4) is 0 Å². The van der Waals surface area contributed by atoms with Crippen molar-refractivity contribution in [3.63, 3.8) is 0 Å².